The molecule has 138 valence electrons. The van der Waals surface area contributed by atoms with Gasteiger partial charge in [0, 0.05) is 29.9 Å². The second-order valence-electron chi connectivity index (χ2n) is 6.34. The maximum absolute atomic E-state index is 14.1. The number of fused-ring (bicyclic) bond motifs is 1. The second kappa shape index (κ2) is 6.88. The lowest BCUT2D eigenvalue weighted by Gasteiger charge is -2.14. The van der Waals surface area contributed by atoms with Gasteiger partial charge in [-0.15, -0.1) is 0 Å². The van der Waals surface area contributed by atoms with Gasteiger partial charge in [0.1, 0.15) is 22.5 Å². The molecular weight excluding hydrogens is 352 g/mol. The molecule has 0 aliphatic rings. The Hall–Kier alpha value is -3.13. The summed E-state index contributed by atoms with van der Waals surface area (Å²) < 4.78 is 33.5. The molecule has 0 amide bonds. The van der Waals surface area contributed by atoms with Crippen LogP contribution in [0.25, 0.3) is 16.7 Å². The van der Waals surface area contributed by atoms with E-state index in [1.54, 1.807) is 6.20 Å². The first-order chi connectivity index (χ1) is 13.0. The normalized spacial score (nSPS) is 12.6. The number of hydrogen-bond donors (Lipinski definition) is 1. The third-order valence-corrected chi connectivity index (χ3v) is 4.62. The topological polar surface area (TPSA) is 68.8 Å². The molecule has 0 radical (unpaired) electrons. The summed E-state index contributed by atoms with van der Waals surface area (Å²) in [5, 5.41) is 15.5. The molecule has 1 atom stereocenters. The maximum Gasteiger partial charge on any atom is 0.151 e. The van der Waals surface area contributed by atoms with Crippen LogP contribution in [0.5, 0.6) is 0 Å². The molecule has 6 nitrogen and oxygen atoms in total. The molecule has 0 fully saturated rings. The van der Waals surface area contributed by atoms with E-state index in [-0.39, 0.29) is 11.7 Å². The van der Waals surface area contributed by atoms with Crippen molar-refractivity contribution in [2.75, 3.05) is 0 Å². The van der Waals surface area contributed by atoms with Crippen molar-refractivity contribution < 1.29 is 13.4 Å². The Morgan fingerprint density at radius 3 is 2.85 bits per heavy atom. The summed E-state index contributed by atoms with van der Waals surface area (Å²) in [6.07, 6.45) is 1.69. The van der Waals surface area contributed by atoms with Gasteiger partial charge in [-0.25, -0.2) is 18.1 Å². The second-order valence-corrected chi connectivity index (χ2v) is 6.34. The van der Waals surface area contributed by atoms with Crippen LogP contribution in [-0.2, 0) is 6.54 Å². The van der Waals surface area contributed by atoms with Gasteiger partial charge in [-0.3, -0.25) is 0 Å². The number of nitrogens with zero attached hydrogens (tertiary/aromatic N) is 4. The van der Waals surface area contributed by atoms with Crippen LogP contribution in [0.15, 0.2) is 47.2 Å². The van der Waals surface area contributed by atoms with E-state index in [0.29, 0.717) is 12.1 Å². The fourth-order valence-corrected chi connectivity index (χ4v) is 3.12. The van der Waals surface area contributed by atoms with Gasteiger partial charge in [0.15, 0.2) is 5.82 Å². The van der Waals surface area contributed by atoms with Crippen molar-refractivity contribution in [2.24, 2.45) is 0 Å². The van der Waals surface area contributed by atoms with Crippen LogP contribution in [0.1, 0.15) is 29.8 Å². The van der Waals surface area contributed by atoms with Gasteiger partial charge in [-0.05, 0) is 47.9 Å². The lowest BCUT2D eigenvalue weighted by Crippen LogP contribution is -2.19. The van der Waals surface area contributed by atoms with Gasteiger partial charge in [0.05, 0.1) is 6.20 Å². The van der Waals surface area contributed by atoms with Gasteiger partial charge in [-0.2, -0.15) is 5.10 Å². The van der Waals surface area contributed by atoms with E-state index >= 15 is 0 Å². The molecule has 2 aromatic carbocycles. The summed E-state index contributed by atoms with van der Waals surface area (Å²) in [5.41, 5.74) is 4.31. The van der Waals surface area contributed by atoms with Crippen LogP contribution >= 0.6 is 0 Å². The summed E-state index contributed by atoms with van der Waals surface area (Å²) >= 11 is 0. The molecule has 0 aliphatic heterocycles. The van der Waals surface area contributed by atoms with E-state index in [9.17, 15) is 8.78 Å². The molecule has 0 saturated heterocycles. The van der Waals surface area contributed by atoms with E-state index in [2.05, 4.69) is 20.7 Å². The predicted molar refractivity (Wildman–Crippen MR) is 95.3 cm³/mol. The number of rotatable bonds is 5. The molecule has 27 heavy (non-hydrogen) atoms. The van der Waals surface area contributed by atoms with Crippen molar-refractivity contribution in [1.29, 1.82) is 0 Å². The van der Waals surface area contributed by atoms with Crippen molar-refractivity contribution in [3.63, 3.8) is 0 Å². The molecule has 0 bridgehead atoms. The summed E-state index contributed by atoms with van der Waals surface area (Å²) in [4.78, 5) is 0. The monoisotopic (exact) mass is 369 g/mol. The minimum atomic E-state index is -0.654. The lowest BCUT2D eigenvalue weighted by atomic mass is 10.1. The van der Waals surface area contributed by atoms with Gasteiger partial charge in [0.25, 0.3) is 0 Å². The first kappa shape index (κ1) is 17.3. The van der Waals surface area contributed by atoms with Crippen molar-refractivity contribution in [1.82, 2.24) is 25.4 Å². The Bertz CT molecular complexity index is 1100. The SMILES string of the molecule is Cc1c([C@@H](C)NCc2cccc3nonc23)cnn1-c1ccc(F)cc1F. The number of hydrogen-bond acceptors (Lipinski definition) is 5. The zero-order valence-corrected chi connectivity index (χ0v) is 14.8. The van der Waals surface area contributed by atoms with Crippen molar-refractivity contribution in [3.8, 4) is 5.69 Å². The largest absolute Gasteiger partial charge is 0.306 e. The molecule has 8 heteroatoms. The Balaban J connectivity index is 1.55. The van der Waals surface area contributed by atoms with E-state index in [1.165, 1.54) is 16.8 Å². The van der Waals surface area contributed by atoms with Crippen LogP contribution in [0.4, 0.5) is 8.78 Å². The van der Waals surface area contributed by atoms with Gasteiger partial charge in [-0.1, -0.05) is 12.1 Å². The maximum atomic E-state index is 14.1. The van der Waals surface area contributed by atoms with Crippen LogP contribution in [0.2, 0.25) is 0 Å². The van der Waals surface area contributed by atoms with Crippen LogP contribution in [0, 0.1) is 18.6 Å². The molecule has 2 aromatic heterocycles. The fraction of sp³-hybridized carbons (Fsp3) is 0.211. The van der Waals surface area contributed by atoms with E-state index < -0.39 is 11.6 Å². The fourth-order valence-electron chi connectivity index (χ4n) is 3.12. The molecule has 0 aliphatic carbocycles. The molecule has 0 unspecified atom stereocenters. The molecule has 1 N–H and O–H groups in total. The minimum absolute atomic E-state index is 0.0441. The van der Waals surface area contributed by atoms with Crippen molar-refractivity contribution in [2.45, 2.75) is 26.4 Å². The minimum Gasteiger partial charge on any atom is -0.306 e. The van der Waals surface area contributed by atoms with Crippen molar-refractivity contribution in [3.05, 3.63) is 71.1 Å². The quantitative estimate of drug-likeness (QED) is 0.579. The predicted octanol–water partition coefficient (Wildman–Crippen LogP) is 3.85. The highest BCUT2D eigenvalue weighted by Crippen LogP contribution is 2.23. The summed E-state index contributed by atoms with van der Waals surface area (Å²) in [5.74, 6) is -1.27. The lowest BCUT2D eigenvalue weighted by molar-refractivity contribution is 0.315. The van der Waals surface area contributed by atoms with Crippen LogP contribution in [-0.4, -0.2) is 20.1 Å². The average molecular weight is 369 g/mol. The van der Waals surface area contributed by atoms with Crippen LogP contribution in [0.3, 0.4) is 0 Å². The standard InChI is InChI=1S/C19H17F2N5O/c1-11(22-9-13-4-3-5-17-19(13)25-27-24-17)15-10-23-26(12(15)2)18-7-6-14(20)8-16(18)21/h3-8,10-11,22H,9H2,1-2H3/t11-/m1/s1. The van der Waals surface area contributed by atoms with Crippen LogP contribution < -0.4 is 5.32 Å². The summed E-state index contributed by atoms with van der Waals surface area (Å²) in [6, 6.07) is 9.09. The smallest absolute Gasteiger partial charge is 0.151 e. The Morgan fingerprint density at radius 1 is 1.19 bits per heavy atom. The third kappa shape index (κ3) is 3.19. The first-order valence-corrected chi connectivity index (χ1v) is 8.48. The number of aromatic nitrogens is 4. The molecule has 0 spiro atoms. The summed E-state index contributed by atoms with van der Waals surface area (Å²) in [7, 11) is 0. The molecule has 2 heterocycles. The highest BCUT2D eigenvalue weighted by molar-refractivity contribution is 5.76. The molecular formula is C19H17F2N5O. The Morgan fingerprint density at radius 2 is 2.04 bits per heavy atom. The average Bonchev–Trinajstić information content (AvgIpc) is 3.27. The van der Waals surface area contributed by atoms with Gasteiger partial charge in [0.2, 0.25) is 0 Å². The third-order valence-electron chi connectivity index (χ3n) is 4.62. The summed E-state index contributed by atoms with van der Waals surface area (Å²) in [6.45, 7) is 4.41. The number of nitrogens with one attached hydrogen (secondary N) is 1. The van der Waals surface area contributed by atoms with E-state index in [1.807, 2.05) is 32.0 Å². The van der Waals surface area contributed by atoms with Gasteiger partial charge < -0.3 is 5.32 Å². The first-order valence-electron chi connectivity index (χ1n) is 8.48. The Labute approximate surface area is 153 Å². The molecule has 4 rings (SSSR count). The molecule has 0 saturated carbocycles. The van der Waals surface area contributed by atoms with E-state index in [4.69, 9.17) is 4.63 Å². The Kier molecular flexibility index (Phi) is 4.41. The highest BCUT2D eigenvalue weighted by Gasteiger charge is 2.17. The van der Waals surface area contributed by atoms with Gasteiger partial charge >= 0.3 is 0 Å². The highest BCUT2D eigenvalue weighted by atomic mass is 19.1. The zero-order valence-electron chi connectivity index (χ0n) is 14.8. The molecule has 4 aromatic rings. The number of halogens is 2. The van der Waals surface area contributed by atoms with E-state index in [0.717, 1.165) is 28.4 Å². The zero-order chi connectivity index (χ0) is 19.0. The number of benzene rings is 2. The van der Waals surface area contributed by atoms with Crippen molar-refractivity contribution >= 4 is 11.0 Å².